The molecule has 5 heteroatoms. The molecular weight excluding hydrogens is 294 g/mol. The highest BCUT2D eigenvalue weighted by Gasteiger charge is 2.50. The normalized spacial score (nSPS) is 19.9. The molecule has 0 aliphatic carbocycles. The molecule has 1 aromatic heterocycles. The lowest BCUT2D eigenvalue weighted by Gasteiger charge is -2.22. The van der Waals surface area contributed by atoms with Crippen molar-refractivity contribution in [1.82, 2.24) is 0 Å². The van der Waals surface area contributed by atoms with Crippen molar-refractivity contribution in [3.8, 4) is 0 Å². The lowest BCUT2D eigenvalue weighted by atomic mass is 9.89. The minimum absolute atomic E-state index is 0.149. The molecule has 0 bridgehead atoms. The van der Waals surface area contributed by atoms with Crippen molar-refractivity contribution in [2.75, 3.05) is 11.4 Å². The van der Waals surface area contributed by atoms with E-state index in [1.807, 2.05) is 13.0 Å². The van der Waals surface area contributed by atoms with E-state index in [4.69, 9.17) is 4.42 Å². The van der Waals surface area contributed by atoms with Crippen molar-refractivity contribution in [1.29, 1.82) is 0 Å². The van der Waals surface area contributed by atoms with Gasteiger partial charge in [0.15, 0.2) is 11.4 Å². The summed E-state index contributed by atoms with van der Waals surface area (Å²) >= 11 is 0. The maximum absolute atomic E-state index is 12.8. The number of carbonyl (C=O) groups excluding carboxylic acids is 2. The van der Waals surface area contributed by atoms with Gasteiger partial charge in [-0.05, 0) is 24.6 Å². The molecule has 3 rings (SSSR count). The average Bonchev–Trinajstić information content (AvgIpc) is 3.15. The molecule has 2 aromatic rings. The number of carbonyl (C=O) groups is 2. The van der Waals surface area contributed by atoms with Gasteiger partial charge in [-0.25, -0.2) is 0 Å². The maximum atomic E-state index is 12.8. The Kier molecular flexibility index (Phi) is 4.05. The van der Waals surface area contributed by atoms with Crippen molar-refractivity contribution in [2.45, 2.75) is 31.8 Å². The van der Waals surface area contributed by atoms with E-state index in [2.05, 4.69) is 0 Å². The number of nitrogens with zero attached hydrogens (tertiary/aromatic N) is 1. The van der Waals surface area contributed by atoms with Crippen LogP contribution >= 0.6 is 0 Å². The molecule has 0 unspecified atom stereocenters. The smallest absolute Gasteiger partial charge is 0.264 e. The molecule has 1 aromatic carbocycles. The van der Waals surface area contributed by atoms with Crippen LogP contribution in [0.4, 0.5) is 5.69 Å². The molecule has 23 heavy (non-hydrogen) atoms. The number of furan rings is 1. The second-order valence-corrected chi connectivity index (χ2v) is 5.77. The third-order valence-electron chi connectivity index (χ3n) is 4.19. The summed E-state index contributed by atoms with van der Waals surface area (Å²) < 4.78 is 5.08. The van der Waals surface area contributed by atoms with Crippen molar-refractivity contribution in [2.24, 2.45) is 0 Å². The van der Waals surface area contributed by atoms with Gasteiger partial charge in [-0.3, -0.25) is 9.59 Å². The van der Waals surface area contributed by atoms with Crippen LogP contribution in [0.1, 0.15) is 42.3 Å². The van der Waals surface area contributed by atoms with E-state index >= 15 is 0 Å². The van der Waals surface area contributed by atoms with Gasteiger partial charge in [0.25, 0.3) is 5.91 Å². The minimum Gasteiger partial charge on any atom is -0.461 e. The number of amides is 1. The molecule has 1 aliphatic heterocycles. The van der Waals surface area contributed by atoms with E-state index in [0.29, 0.717) is 17.8 Å². The van der Waals surface area contributed by atoms with Crippen LogP contribution in [0.15, 0.2) is 47.1 Å². The average molecular weight is 313 g/mol. The lowest BCUT2D eigenvalue weighted by molar-refractivity contribution is -0.135. The van der Waals surface area contributed by atoms with E-state index in [1.54, 1.807) is 29.2 Å². The molecule has 0 saturated heterocycles. The minimum atomic E-state index is -1.83. The molecule has 2 heterocycles. The van der Waals surface area contributed by atoms with Crippen molar-refractivity contribution in [3.63, 3.8) is 0 Å². The Labute approximate surface area is 134 Å². The maximum Gasteiger partial charge on any atom is 0.264 e. The molecule has 1 amide bonds. The predicted molar refractivity (Wildman–Crippen MR) is 85.3 cm³/mol. The number of benzene rings is 1. The fourth-order valence-corrected chi connectivity index (χ4v) is 2.97. The number of rotatable bonds is 6. The Bertz CT molecular complexity index is 722. The topological polar surface area (TPSA) is 70.8 Å². The van der Waals surface area contributed by atoms with Crippen molar-refractivity contribution in [3.05, 3.63) is 54.0 Å². The van der Waals surface area contributed by atoms with Crippen LogP contribution < -0.4 is 4.90 Å². The molecule has 1 atom stereocenters. The van der Waals surface area contributed by atoms with E-state index in [-0.39, 0.29) is 12.2 Å². The number of unbranched alkanes of at least 4 members (excludes halogenated alkanes) is 1. The number of Topliss-reactive ketones (excluding diaryl/α,β-unsaturated/α-hetero) is 1. The van der Waals surface area contributed by atoms with E-state index < -0.39 is 17.3 Å². The van der Waals surface area contributed by atoms with Gasteiger partial charge in [0, 0.05) is 12.1 Å². The summed E-state index contributed by atoms with van der Waals surface area (Å²) in [5.74, 6) is -0.680. The Morgan fingerprint density at radius 1 is 1.26 bits per heavy atom. The van der Waals surface area contributed by atoms with Gasteiger partial charge in [0.05, 0.1) is 18.4 Å². The summed E-state index contributed by atoms with van der Waals surface area (Å²) in [6.45, 7) is 2.57. The zero-order chi connectivity index (χ0) is 16.4. The molecule has 0 radical (unpaired) electrons. The highest BCUT2D eigenvalue weighted by atomic mass is 16.3. The number of hydrogen-bond donors (Lipinski definition) is 1. The van der Waals surface area contributed by atoms with Crippen molar-refractivity contribution >= 4 is 17.4 Å². The Balaban J connectivity index is 1.94. The monoisotopic (exact) mass is 313 g/mol. The van der Waals surface area contributed by atoms with E-state index in [0.717, 1.165) is 12.8 Å². The summed E-state index contributed by atoms with van der Waals surface area (Å²) in [7, 11) is 0. The highest BCUT2D eigenvalue weighted by Crippen LogP contribution is 2.42. The summed E-state index contributed by atoms with van der Waals surface area (Å²) in [6, 6.07) is 10.2. The third kappa shape index (κ3) is 2.57. The van der Waals surface area contributed by atoms with Crippen molar-refractivity contribution < 1.29 is 19.1 Å². The first kappa shape index (κ1) is 15.5. The first-order valence-corrected chi connectivity index (χ1v) is 7.78. The quantitative estimate of drug-likeness (QED) is 0.832. The van der Waals surface area contributed by atoms with Gasteiger partial charge in [0.1, 0.15) is 0 Å². The number of fused-ring (bicyclic) bond motifs is 1. The van der Waals surface area contributed by atoms with E-state index in [1.165, 1.54) is 12.3 Å². The molecule has 0 saturated carbocycles. The van der Waals surface area contributed by atoms with Gasteiger partial charge in [0.2, 0.25) is 5.78 Å². The Morgan fingerprint density at radius 2 is 2.04 bits per heavy atom. The molecule has 0 fully saturated rings. The summed E-state index contributed by atoms with van der Waals surface area (Å²) in [4.78, 5) is 26.7. The lowest BCUT2D eigenvalue weighted by Crippen LogP contribution is -2.42. The molecule has 1 N–H and O–H groups in total. The van der Waals surface area contributed by atoms with Gasteiger partial charge in [-0.2, -0.15) is 0 Å². The summed E-state index contributed by atoms with van der Waals surface area (Å²) in [6.07, 6.45) is 2.85. The van der Waals surface area contributed by atoms with Crippen LogP contribution in [0, 0.1) is 0 Å². The standard InChI is InChI=1S/C18H19NO4/c1-2-3-10-19-14-8-5-4-7-13(14)18(22,17(19)21)12-15(20)16-9-6-11-23-16/h4-9,11,22H,2-3,10,12H2,1H3/t18-/m0/s1. The van der Waals surface area contributed by atoms with Gasteiger partial charge in [-0.1, -0.05) is 31.5 Å². The van der Waals surface area contributed by atoms with Gasteiger partial charge >= 0.3 is 0 Å². The second kappa shape index (κ2) is 6.01. The first-order valence-electron chi connectivity index (χ1n) is 7.78. The van der Waals surface area contributed by atoms with Crippen LogP contribution in [0.25, 0.3) is 0 Å². The number of anilines is 1. The fraction of sp³-hybridized carbons (Fsp3) is 0.333. The van der Waals surface area contributed by atoms with Gasteiger partial charge in [-0.15, -0.1) is 0 Å². The van der Waals surface area contributed by atoms with Crippen LogP contribution in [-0.2, 0) is 10.4 Å². The third-order valence-corrected chi connectivity index (χ3v) is 4.19. The number of aliphatic hydroxyl groups is 1. The fourth-order valence-electron chi connectivity index (χ4n) is 2.97. The zero-order valence-electron chi connectivity index (χ0n) is 13.0. The molecule has 5 nitrogen and oxygen atoms in total. The Hall–Kier alpha value is -2.40. The SMILES string of the molecule is CCCCN1C(=O)[C@](O)(CC(=O)c2ccco2)c2ccccc21. The van der Waals surface area contributed by atoms with E-state index in [9.17, 15) is 14.7 Å². The number of para-hydroxylation sites is 1. The molecule has 1 aliphatic rings. The van der Waals surface area contributed by atoms with Crippen LogP contribution in [-0.4, -0.2) is 23.3 Å². The predicted octanol–water partition coefficient (Wildman–Crippen LogP) is 2.89. The van der Waals surface area contributed by atoms with Crippen LogP contribution in [0.2, 0.25) is 0 Å². The zero-order valence-corrected chi connectivity index (χ0v) is 13.0. The number of hydrogen-bond acceptors (Lipinski definition) is 4. The van der Waals surface area contributed by atoms with Gasteiger partial charge < -0.3 is 14.4 Å². The van der Waals surface area contributed by atoms with Crippen LogP contribution in [0.5, 0.6) is 0 Å². The second-order valence-electron chi connectivity index (χ2n) is 5.77. The Morgan fingerprint density at radius 3 is 2.74 bits per heavy atom. The largest absolute Gasteiger partial charge is 0.461 e. The highest BCUT2D eigenvalue weighted by molar-refractivity contribution is 6.10. The summed E-state index contributed by atoms with van der Waals surface area (Å²) in [5.41, 5.74) is -0.657. The summed E-state index contributed by atoms with van der Waals surface area (Å²) in [5, 5.41) is 11.0. The molecule has 0 spiro atoms. The molecular formula is C18H19NO4. The molecule has 120 valence electrons. The number of ketones is 1. The van der Waals surface area contributed by atoms with Crippen LogP contribution in [0.3, 0.4) is 0 Å². The first-order chi connectivity index (χ1) is 11.1.